The fourth-order valence-electron chi connectivity index (χ4n) is 1.48. The van der Waals surface area contributed by atoms with Crippen molar-refractivity contribution in [3.63, 3.8) is 0 Å². The van der Waals surface area contributed by atoms with E-state index in [0.29, 0.717) is 5.88 Å². The molecule has 0 aliphatic heterocycles. The summed E-state index contributed by atoms with van der Waals surface area (Å²) in [5.41, 5.74) is 2.19. The molecule has 0 radical (unpaired) electrons. The van der Waals surface area contributed by atoms with Crippen LogP contribution in [0, 0.1) is 0 Å². The highest BCUT2D eigenvalue weighted by Gasteiger charge is 2.00. The highest BCUT2D eigenvalue weighted by molar-refractivity contribution is 5.64. The first-order valence-corrected chi connectivity index (χ1v) is 4.98. The lowest BCUT2D eigenvalue weighted by molar-refractivity contribution is 0.398. The summed E-state index contributed by atoms with van der Waals surface area (Å²) in [7, 11) is 3.27. The van der Waals surface area contributed by atoms with E-state index in [0.717, 1.165) is 16.9 Å². The van der Waals surface area contributed by atoms with Gasteiger partial charge in [0.05, 0.1) is 14.2 Å². The molecule has 0 fully saturated rings. The van der Waals surface area contributed by atoms with E-state index < -0.39 is 0 Å². The average molecular weight is 215 g/mol. The van der Waals surface area contributed by atoms with Crippen LogP contribution < -0.4 is 9.47 Å². The van der Waals surface area contributed by atoms with Crippen LogP contribution in [0.3, 0.4) is 0 Å². The lowest BCUT2D eigenvalue weighted by Crippen LogP contribution is -1.87. The minimum Gasteiger partial charge on any atom is -0.497 e. The first kappa shape index (κ1) is 10.5. The van der Waals surface area contributed by atoms with Crippen molar-refractivity contribution in [2.45, 2.75) is 0 Å². The quantitative estimate of drug-likeness (QED) is 0.788. The molecule has 1 aromatic carbocycles. The summed E-state index contributed by atoms with van der Waals surface area (Å²) in [5.74, 6) is 1.47. The van der Waals surface area contributed by atoms with Crippen LogP contribution in [-0.2, 0) is 0 Å². The number of ether oxygens (including phenoxy) is 2. The van der Waals surface area contributed by atoms with Crippen LogP contribution in [0.5, 0.6) is 11.6 Å². The Bertz CT molecular complexity index is 466. The van der Waals surface area contributed by atoms with Crippen molar-refractivity contribution in [2.75, 3.05) is 14.2 Å². The van der Waals surface area contributed by atoms with Crippen molar-refractivity contribution in [1.82, 2.24) is 4.98 Å². The number of benzene rings is 1. The van der Waals surface area contributed by atoms with Gasteiger partial charge in [0.2, 0.25) is 5.88 Å². The number of hydrogen-bond donors (Lipinski definition) is 0. The van der Waals surface area contributed by atoms with E-state index in [1.54, 1.807) is 20.4 Å². The standard InChI is InChI=1S/C13H13NO2/c1-15-12-5-3-10(4-6-12)11-7-8-14-13(9-11)16-2/h3-9H,1-2H3. The van der Waals surface area contributed by atoms with Crippen LogP contribution in [0.25, 0.3) is 11.1 Å². The topological polar surface area (TPSA) is 31.4 Å². The zero-order valence-electron chi connectivity index (χ0n) is 9.31. The lowest BCUT2D eigenvalue weighted by Gasteiger charge is -2.05. The van der Waals surface area contributed by atoms with E-state index in [1.807, 2.05) is 36.4 Å². The Kier molecular flexibility index (Phi) is 3.05. The second kappa shape index (κ2) is 4.66. The predicted octanol–water partition coefficient (Wildman–Crippen LogP) is 2.77. The minimum absolute atomic E-state index is 0.619. The van der Waals surface area contributed by atoms with Gasteiger partial charge < -0.3 is 9.47 Å². The van der Waals surface area contributed by atoms with Gasteiger partial charge in [-0.2, -0.15) is 0 Å². The van der Waals surface area contributed by atoms with Gasteiger partial charge in [0.15, 0.2) is 0 Å². The van der Waals surface area contributed by atoms with Gasteiger partial charge in [-0.05, 0) is 29.3 Å². The van der Waals surface area contributed by atoms with Crippen molar-refractivity contribution in [3.05, 3.63) is 42.6 Å². The zero-order valence-corrected chi connectivity index (χ0v) is 9.31. The molecule has 1 heterocycles. The average Bonchev–Trinajstić information content (AvgIpc) is 2.39. The van der Waals surface area contributed by atoms with Gasteiger partial charge in [-0.25, -0.2) is 4.98 Å². The van der Waals surface area contributed by atoms with E-state index in [2.05, 4.69) is 4.98 Å². The molecule has 0 saturated heterocycles. The fourth-order valence-corrected chi connectivity index (χ4v) is 1.48. The summed E-state index contributed by atoms with van der Waals surface area (Å²) in [5, 5.41) is 0. The number of aromatic nitrogens is 1. The molecule has 3 nitrogen and oxygen atoms in total. The van der Waals surface area contributed by atoms with E-state index in [9.17, 15) is 0 Å². The molecule has 0 aliphatic carbocycles. The molecule has 3 heteroatoms. The SMILES string of the molecule is COc1ccc(-c2ccnc(OC)c2)cc1. The van der Waals surface area contributed by atoms with Crippen LogP contribution in [0.4, 0.5) is 0 Å². The smallest absolute Gasteiger partial charge is 0.213 e. The molecule has 0 aliphatic rings. The van der Waals surface area contributed by atoms with Crippen LogP contribution >= 0.6 is 0 Å². The molecule has 82 valence electrons. The molecule has 0 spiro atoms. The lowest BCUT2D eigenvalue weighted by atomic mass is 10.1. The monoisotopic (exact) mass is 215 g/mol. The Hall–Kier alpha value is -2.03. The van der Waals surface area contributed by atoms with Gasteiger partial charge in [0.25, 0.3) is 0 Å². The van der Waals surface area contributed by atoms with Crippen molar-refractivity contribution >= 4 is 0 Å². The van der Waals surface area contributed by atoms with Crippen LogP contribution in [0.1, 0.15) is 0 Å². The molecular weight excluding hydrogens is 202 g/mol. The van der Waals surface area contributed by atoms with Crippen molar-refractivity contribution in [1.29, 1.82) is 0 Å². The first-order valence-electron chi connectivity index (χ1n) is 4.98. The van der Waals surface area contributed by atoms with Gasteiger partial charge in [-0.3, -0.25) is 0 Å². The first-order chi connectivity index (χ1) is 7.83. The number of nitrogens with zero attached hydrogens (tertiary/aromatic N) is 1. The molecule has 2 rings (SSSR count). The van der Waals surface area contributed by atoms with Crippen molar-refractivity contribution in [2.24, 2.45) is 0 Å². The van der Waals surface area contributed by atoms with E-state index in [4.69, 9.17) is 9.47 Å². The maximum absolute atomic E-state index is 5.11. The Morgan fingerprint density at radius 1 is 0.875 bits per heavy atom. The summed E-state index contributed by atoms with van der Waals surface area (Å²) in [6.07, 6.45) is 1.73. The van der Waals surface area contributed by atoms with Gasteiger partial charge in [-0.15, -0.1) is 0 Å². The Balaban J connectivity index is 2.34. The molecule has 0 N–H and O–H groups in total. The summed E-state index contributed by atoms with van der Waals surface area (Å²) in [6.45, 7) is 0. The molecule has 0 saturated carbocycles. The second-order valence-corrected chi connectivity index (χ2v) is 3.32. The molecular formula is C13H13NO2. The summed E-state index contributed by atoms with van der Waals surface area (Å²) in [6, 6.07) is 11.7. The maximum atomic E-state index is 5.11. The molecule has 0 atom stereocenters. The molecule has 16 heavy (non-hydrogen) atoms. The highest BCUT2D eigenvalue weighted by Crippen LogP contribution is 2.24. The van der Waals surface area contributed by atoms with E-state index >= 15 is 0 Å². The number of pyridine rings is 1. The Morgan fingerprint density at radius 3 is 2.25 bits per heavy atom. The van der Waals surface area contributed by atoms with Crippen LogP contribution in [-0.4, -0.2) is 19.2 Å². The van der Waals surface area contributed by atoms with Crippen molar-refractivity contribution in [3.8, 4) is 22.8 Å². The maximum Gasteiger partial charge on any atom is 0.213 e. The third-order valence-electron chi connectivity index (χ3n) is 2.37. The normalized spacial score (nSPS) is 9.88. The molecule has 0 amide bonds. The van der Waals surface area contributed by atoms with E-state index in [1.165, 1.54) is 0 Å². The molecule has 0 unspecified atom stereocenters. The number of rotatable bonds is 3. The predicted molar refractivity (Wildman–Crippen MR) is 62.8 cm³/mol. The molecule has 0 bridgehead atoms. The minimum atomic E-state index is 0.619. The van der Waals surface area contributed by atoms with Crippen LogP contribution in [0.2, 0.25) is 0 Å². The van der Waals surface area contributed by atoms with Gasteiger partial charge in [0.1, 0.15) is 5.75 Å². The molecule has 1 aromatic heterocycles. The van der Waals surface area contributed by atoms with Gasteiger partial charge in [0, 0.05) is 12.3 Å². The number of hydrogen-bond acceptors (Lipinski definition) is 3. The van der Waals surface area contributed by atoms with E-state index in [-0.39, 0.29) is 0 Å². The van der Waals surface area contributed by atoms with Gasteiger partial charge in [-0.1, -0.05) is 12.1 Å². The largest absolute Gasteiger partial charge is 0.497 e. The third-order valence-corrected chi connectivity index (χ3v) is 2.37. The third kappa shape index (κ3) is 2.14. The van der Waals surface area contributed by atoms with Crippen molar-refractivity contribution < 1.29 is 9.47 Å². The Morgan fingerprint density at radius 2 is 1.62 bits per heavy atom. The highest BCUT2D eigenvalue weighted by atomic mass is 16.5. The summed E-state index contributed by atoms with van der Waals surface area (Å²) in [4.78, 5) is 4.07. The number of methoxy groups -OCH3 is 2. The van der Waals surface area contributed by atoms with Crippen LogP contribution in [0.15, 0.2) is 42.6 Å². The summed E-state index contributed by atoms with van der Waals surface area (Å²) < 4.78 is 10.2. The van der Waals surface area contributed by atoms with Gasteiger partial charge >= 0.3 is 0 Å². The molecule has 2 aromatic rings. The second-order valence-electron chi connectivity index (χ2n) is 3.32. The summed E-state index contributed by atoms with van der Waals surface area (Å²) >= 11 is 0. The fraction of sp³-hybridized carbons (Fsp3) is 0.154. The zero-order chi connectivity index (χ0) is 11.4. The Labute approximate surface area is 94.7 Å².